The highest BCUT2D eigenvalue weighted by Gasteiger charge is 2.19. The van der Waals surface area contributed by atoms with E-state index in [0.717, 1.165) is 62.8 Å². The summed E-state index contributed by atoms with van der Waals surface area (Å²) in [6.45, 7) is 6.24. The zero-order valence-electron chi connectivity index (χ0n) is 16.6. The molecule has 6 heteroatoms. The molecule has 0 aromatic heterocycles. The number of hydrogen-bond donors (Lipinski definition) is 1. The van der Waals surface area contributed by atoms with Crippen molar-refractivity contribution in [1.29, 1.82) is 0 Å². The van der Waals surface area contributed by atoms with Gasteiger partial charge in [-0.05, 0) is 54.8 Å². The van der Waals surface area contributed by atoms with Crippen LogP contribution in [0.4, 0.5) is 5.69 Å². The topological polar surface area (TPSA) is 44.8 Å². The third-order valence-corrected chi connectivity index (χ3v) is 5.93. The fraction of sp³-hybridized carbons (Fsp3) is 0.435. The predicted molar refractivity (Wildman–Crippen MR) is 117 cm³/mol. The lowest BCUT2D eigenvalue weighted by molar-refractivity contribution is 0.0857. The molecule has 1 atom stereocenters. The van der Waals surface area contributed by atoms with Gasteiger partial charge in [0.1, 0.15) is 0 Å². The first-order valence-electron chi connectivity index (χ1n) is 10.4. The van der Waals surface area contributed by atoms with E-state index in [1.54, 1.807) is 0 Å². The molecule has 0 spiro atoms. The number of benzene rings is 2. The molecule has 0 bridgehead atoms. The predicted octanol–water partition coefficient (Wildman–Crippen LogP) is 3.57. The molecule has 2 aliphatic rings. The number of piperazine rings is 1. The van der Waals surface area contributed by atoms with Gasteiger partial charge in [0.25, 0.3) is 5.91 Å². The van der Waals surface area contributed by atoms with E-state index >= 15 is 0 Å². The fourth-order valence-electron chi connectivity index (χ4n) is 4.00. The van der Waals surface area contributed by atoms with Crippen LogP contribution in [0.15, 0.2) is 48.5 Å². The Hall–Kier alpha value is -2.08. The lowest BCUT2D eigenvalue weighted by Crippen LogP contribution is -2.46. The summed E-state index contributed by atoms with van der Waals surface area (Å²) in [5.74, 6) is -0.0186. The Morgan fingerprint density at radius 2 is 1.90 bits per heavy atom. The zero-order valence-corrected chi connectivity index (χ0v) is 17.4. The number of anilines is 1. The Balaban J connectivity index is 1.28. The molecule has 0 saturated carbocycles. The molecular weight excluding hydrogens is 386 g/mol. The summed E-state index contributed by atoms with van der Waals surface area (Å²) in [7, 11) is 0. The summed E-state index contributed by atoms with van der Waals surface area (Å²) in [6.07, 6.45) is 2.28. The first-order chi connectivity index (χ1) is 14.2. The van der Waals surface area contributed by atoms with E-state index in [2.05, 4.69) is 33.3 Å². The quantitative estimate of drug-likeness (QED) is 0.786. The van der Waals surface area contributed by atoms with E-state index in [1.165, 1.54) is 11.3 Å². The van der Waals surface area contributed by atoms with Gasteiger partial charge < -0.3 is 15.0 Å². The fourth-order valence-corrected chi connectivity index (χ4v) is 4.13. The van der Waals surface area contributed by atoms with Crippen molar-refractivity contribution in [2.45, 2.75) is 25.5 Å². The molecule has 1 unspecified atom stereocenters. The molecular formula is C23H28ClN3O2. The molecule has 4 rings (SSSR count). The molecule has 2 aromatic carbocycles. The molecule has 2 fully saturated rings. The Kier molecular flexibility index (Phi) is 6.70. The van der Waals surface area contributed by atoms with Crippen LogP contribution < -0.4 is 10.2 Å². The monoisotopic (exact) mass is 413 g/mol. The minimum atomic E-state index is -0.0186. The lowest BCUT2D eigenvalue weighted by atomic mass is 10.1. The average molecular weight is 414 g/mol. The summed E-state index contributed by atoms with van der Waals surface area (Å²) in [4.78, 5) is 17.3. The first-order valence-corrected chi connectivity index (χ1v) is 10.8. The highest BCUT2D eigenvalue weighted by atomic mass is 35.5. The summed E-state index contributed by atoms with van der Waals surface area (Å²) >= 11 is 5.99. The number of nitrogens with zero attached hydrogens (tertiary/aromatic N) is 2. The van der Waals surface area contributed by atoms with Gasteiger partial charge in [-0.1, -0.05) is 23.7 Å². The van der Waals surface area contributed by atoms with Crippen LogP contribution in [-0.2, 0) is 11.3 Å². The van der Waals surface area contributed by atoms with Crippen molar-refractivity contribution in [2.24, 2.45) is 0 Å². The van der Waals surface area contributed by atoms with Crippen molar-refractivity contribution in [3.05, 3.63) is 64.7 Å². The highest BCUT2D eigenvalue weighted by Crippen LogP contribution is 2.20. The molecule has 1 N–H and O–H groups in total. The maximum atomic E-state index is 12.5. The van der Waals surface area contributed by atoms with Crippen LogP contribution in [0.25, 0.3) is 0 Å². The van der Waals surface area contributed by atoms with E-state index in [0.29, 0.717) is 6.54 Å². The van der Waals surface area contributed by atoms with Crippen LogP contribution in [-0.4, -0.2) is 56.2 Å². The lowest BCUT2D eigenvalue weighted by Gasteiger charge is -2.36. The average Bonchev–Trinajstić information content (AvgIpc) is 3.27. The minimum absolute atomic E-state index is 0.0186. The normalized spacial score (nSPS) is 20.0. The van der Waals surface area contributed by atoms with Crippen molar-refractivity contribution in [2.75, 3.05) is 44.2 Å². The minimum Gasteiger partial charge on any atom is -0.376 e. The van der Waals surface area contributed by atoms with Gasteiger partial charge in [-0.3, -0.25) is 9.69 Å². The number of carbonyl (C=O) groups is 1. The molecule has 0 aliphatic carbocycles. The van der Waals surface area contributed by atoms with Crippen LogP contribution >= 0.6 is 11.6 Å². The van der Waals surface area contributed by atoms with E-state index in [4.69, 9.17) is 16.3 Å². The summed E-state index contributed by atoms with van der Waals surface area (Å²) in [5, 5.41) is 3.78. The molecule has 2 saturated heterocycles. The maximum Gasteiger partial charge on any atom is 0.251 e. The standard InChI is InChI=1S/C23H28ClN3O2/c24-20-6-8-21(9-7-20)27-12-10-26(11-13-27)17-18-3-1-4-19(15-18)23(28)25-16-22-5-2-14-29-22/h1,3-4,6-9,15,22H,2,5,10-14,16-17H2,(H,25,28). The Morgan fingerprint density at radius 1 is 1.10 bits per heavy atom. The number of carbonyl (C=O) groups excluding carboxylic acids is 1. The van der Waals surface area contributed by atoms with Gasteiger partial charge in [-0.25, -0.2) is 0 Å². The van der Waals surface area contributed by atoms with Gasteiger partial charge in [0.2, 0.25) is 0 Å². The molecule has 0 radical (unpaired) electrons. The van der Waals surface area contributed by atoms with Crippen LogP contribution in [0.2, 0.25) is 5.02 Å². The SMILES string of the molecule is O=C(NCC1CCCO1)c1cccc(CN2CCN(c3ccc(Cl)cc3)CC2)c1. The zero-order chi connectivity index (χ0) is 20.1. The van der Waals surface area contributed by atoms with Crippen molar-refractivity contribution in [3.8, 4) is 0 Å². The van der Waals surface area contributed by atoms with Crippen LogP contribution in [0.5, 0.6) is 0 Å². The van der Waals surface area contributed by atoms with E-state index in [-0.39, 0.29) is 12.0 Å². The third kappa shape index (κ3) is 5.50. The van der Waals surface area contributed by atoms with Gasteiger partial charge in [0.05, 0.1) is 6.10 Å². The summed E-state index contributed by atoms with van der Waals surface area (Å²) in [5.41, 5.74) is 3.12. The van der Waals surface area contributed by atoms with Crippen molar-refractivity contribution in [3.63, 3.8) is 0 Å². The number of ether oxygens (including phenoxy) is 1. The van der Waals surface area contributed by atoms with Crippen LogP contribution in [0.3, 0.4) is 0 Å². The molecule has 154 valence electrons. The van der Waals surface area contributed by atoms with E-state index in [9.17, 15) is 4.79 Å². The number of nitrogens with one attached hydrogen (secondary N) is 1. The Morgan fingerprint density at radius 3 is 2.62 bits per heavy atom. The molecule has 5 nitrogen and oxygen atoms in total. The summed E-state index contributed by atoms with van der Waals surface area (Å²) < 4.78 is 5.58. The Bertz CT molecular complexity index is 813. The number of amides is 1. The Labute approximate surface area is 177 Å². The number of hydrogen-bond acceptors (Lipinski definition) is 4. The van der Waals surface area contributed by atoms with Crippen molar-refractivity contribution >= 4 is 23.2 Å². The molecule has 29 heavy (non-hydrogen) atoms. The first kappa shape index (κ1) is 20.2. The van der Waals surface area contributed by atoms with E-state index < -0.39 is 0 Å². The van der Waals surface area contributed by atoms with Gasteiger partial charge in [0, 0.05) is 62.1 Å². The maximum absolute atomic E-state index is 12.5. The van der Waals surface area contributed by atoms with Gasteiger partial charge in [-0.2, -0.15) is 0 Å². The molecule has 1 amide bonds. The van der Waals surface area contributed by atoms with E-state index in [1.807, 2.05) is 30.3 Å². The molecule has 2 heterocycles. The summed E-state index contributed by atoms with van der Waals surface area (Å²) in [6, 6.07) is 16.0. The van der Waals surface area contributed by atoms with Crippen molar-refractivity contribution in [1.82, 2.24) is 10.2 Å². The van der Waals surface area contributed by atoms with Gasteiger partial charge in [-0.15, -0.1) is 0 Å². The van der Waals surface area contributed by atoms with Crippen LogP contribution in [0, 0.1) is 0 Å². The largest absolute Gasteiger partial charge is 0.376 e. The smallest absolute Gasteiger partial charge is 0.251 e. The molecule has 2 aromatic rings. The second kappa shape index (κ2) is 9.61. The second-order valence-electron chi connectivity index (χ2n) is 7.79. The third-order valence-electron chi connectivity index (χ3n) is 5.67. The number of halogens is 1. The molecule has 2 aliphatic heterocycles. The van der Waals surface area contributed by atoms with Gasteiger partial charge >= 0.3 is 0 Å². The van der Waals surface area contributed by atoms with Gasteiger partial charge in [0.15, 0.2) is 0 Å². The van der Waals surface area contributed by atoms with Crippen LogP contribution in [0.1, 0.15) is 28.8 Å². The highest BCUT2D eigenvalue weighted by molar-refractivity contribution is 6.30. The van der Waals surface area contributed by atoms with Crippen molar-refractivity contribution < 1.29 is 9.53 Å². The second-order valence-corrected chi connectivity index (χ2v) is 8.22. The number of rotatable bonds is 6.